The summed E-state index contributed by atoms with van der Waals surface area (Å²) in [6.07, 6.45) is 0.636. The van der Waals surface area contributed by atoms with Gasteiger partial charge in [-0.2, -0.15) is 0 Å². The lowest BCUT2D eigenvalue weighted by Crippen LogP contribution is -2.29. The number of carboxylic acids is 1. The molecule has 0 saturated heterocycles. The molecule has 0 spiro atoms. The van der Waals surface area contributed by atoms with Crippen molar-refractivity contribution in [2.45, 2.75) is 20.3 Å². The number of hydrogen-bond acceptors (Lipinski definition) is 4. The van der Waals surface area contributed by atoms with Gasteiger partial charge < -0.3 is 19.9 Å². The predicted octanol–water partition coefficient (Wildman–Crippen LogP) is 1.72. The molecule has 0 aromatic heterocycles. The Morgan fingerprint density at radius 2 is 1.83 bits per heavy atom. The third-order valence-electron chi connectivity index (χ3n) is 4.54. The number of nitrogens with one attached hydrogen (secondary N) is 1. The molecule has 1 aliphatic rings. The van der Waals surface area contributed by atoms with Crippen LogP contribution >= 0.6 is 0 Å². The molecule has 126 valence electrons. The summed E-state index contributed by atoms with van der Waals surface area (Å²) in [6.45, 7) is 4.07. The lowest BCUT2D eigenvalue weighted by atomic mass is 10.1. The highest BCUT2D eigenvalue weighted by Gasteiger charge is 2.65. The third kappa shape index (κ3) is 3.41. The van der Waals surface area contributed by atoms with Gasteiger partial charge in [0.05, 0.1) is 26.1 Å². The number of aliphatic carboxylic acids is 1. The molecule has 23 heavy (non-hydrogen) atoms. The highest BCUT2D eigenvalue weighted by atomic mass is 16.5. The normalized spacial score (nSPS) is 21.4. The number of ether oxygens (including phenoxy) is 2. The summed E-state index contributed by atoms with van der Waals surface area (Å²) in [5.74, 6) is -0.846. The van der Waals surface area contributed by atoms with Crippen molar-refractivity contribution in [3.8, 4) is 11.5 Å². The second-order valence-corrected chi connectivity index (χ2v) is 6.35. The van der Waals surface area contributed by atoms with E-state index in [1.165, 1.54) is 0 Å². The summed E-state index contributed by atoms with van der Waals surface area (Å²) in [5, 5.41) is 11.9. The van der Waals surface area contributed by atoms with Crippen LogP contribution in [-0.2, 0) is 16.0 Å². The number of carboxylic acid groups (broad SMARTS) is 1. The quantitative estimate of drug-likeness (QED) is 0.799. The van der Waals surface area contributed by atoms with Crippen molar-refractivity contribution in [1.82, 2.24) is 5.32 Å². The SMILES string of the molecule is COc1ccc(CCNC(=O)[C@@H]2[C@H](C(=O)O)C2(C)C)cc1OC. The number of benzene rings is 1. The molecular weight excluding hydrogens is 298 g/mol. The molecule has 2 atom stereocenters. The third-order valence-corrected chi connectivity index (χ3v) is 4.54. The van der Waals surface area contributed by atoms with Crippen LogP contribution in [0.2, 0.25) is 0 Å². The first-order valence-electron chi connectivity index (χ1n) is 7.54. The molecule has 2 rings (SSSR count). The van der Waals surface area contributed by atoms with Crippen molar-refractivity contribution in [3.63, 3.8) is 0 Å². The Labute approximate surface area is 135 Å². The summed E-state index contributed by atoms with van der Waals surface area (Å²) >= 11 is 0. The van der Waals surface area contributed by atoms with Gasteiger partial charge in [0.1, 0.15) is 0 Å². The maximum atomic E-state index is 12.1. The van der Waals surface area contributed by atoms with Crippen LogP contribution < -0.4 is 14.8 Å². The van der Waals surface area contributed by atoms with Gasteiger partial charge in [-0.15, -0.1) is 0 Å². The molecule has 6 heteroatoms. The van der Waals surface area contributed by atoms with E-state index < -0.39 is 23.2 Å². The van der Waals surface area contributed by atoms with Gasteiger partial charge in [-0.05, 0) is 29.5 Å². The van der Waals surface area contributed by atoms with E-state index in [1.54, 1.807) is 14.2 Å². The molecule has 0 radical (unpaired) electrons. The number of rotatable bonds is 7. The highest BCUT2D eigenvalue weighted by Crippen LogP contribution is 2.58. The zero-order chi connectivity index (χ0) is 17.2. The number of carbonyl (C=O) groups is 2. The Balaban J connectivity index is 1.88. The van der Waals surface area contributed by atoms with Gasteiger partial charge in [0.25, 0.3) is 0 Å². The zero-order valence-electron chi connectivity index (χ0n) is 13.9. The molecular formula is C17H23NO5. The lowest BCUT2D eigenvalue weighted by Gasteiger charge is -2.10. The van der Waals surface area contributed by atoms with E-state index in [9.17, 15) is 9.59 Å². The largest absolute Gasteiger partial charge is 0.493 e. The number of amides is 1. The molecule has 1 saturated carbocycles. The fourth-order valence-electron chi connectivity index (χ4n) is 3.06. The van der Waals surface area contributed by atoms with Crippen molar-refractivity contribution in [1.29, 1.82) is 0 Å². The second-order valence-electron chi connectivity index (χ2n) is 6.35. The van der Waals surface area contributed by atoms with Crippen LogP contribution in [0, 0.1) is 17.3 Å². The van der Waals surface area contributed by atoms with E-state index in [4.69, 9.17) is 14.6 Å². The first kappa shape index (κ1) is 17.1. The van der Waals surface area contributed by atoms with Gasteiger partial charge in [0, 0.05) is 6.54 Å². The van der Waals surface area contributed by atoms with Crippen LogP contribution in [0.15, 0.2) is 18.2 Å². The van der Waals surface area contributed by atoms with E-state index in [0.29, 0.717) is 24.5 Å². The second kappa shape index (κ2) is 6.48. The van der Waals surface area contributed by atoms with Crippen molar-refractivity contribution in [3.05, 3.63) is 23.8 Å². The number of hydrogen-bond donors (Lipinski definition) is 2. The summed E-state index contributed by atoms with van der Waals surface area (Å²) in [5.41, 5.74) is 0.534. The molecule has 1 fully saturated rings. The molecule has 0 bridgehead atoms. The average molecular weight is 321 g/mol. The van der Waals surface area contributed by atoms with Gasteiger partial charge in [-0.3, -0.25) is 9.59 Å². The van der Waals surface area contributed by atoms with Gasteiger partial charge in [0.2, 0.25) is 5.91 Å². The Morgan fingerprint density at radius 1 is 1.17 bits per heavy atom. The van der Waals surface area contributed by atoms with Crippen LogP contribution in [0.4, 0.5) is 0 Å². The number of carbonyl (C=O) groups excluding carboxylic acids is 1. The topological polar surface area (TPSA) is 84.9 Å². The van der Waals surface area contributed by atoms with E-state index in [-0.39, 0.29) is 5.91 Å². The molecule has 1 aromatic rings. The van der Waals surface area contributed by atoms with E-state index in [0.717, 1.165) is 5.56 Å². The molecule has 0 heterocycles. The summed E-state index contributed by atoms with van der Waals surface area (Å²) in [4.78, 5) is 23.2. The Bertz CT molecular complexity index is 611. The minimum absolute atomic E-state index is 0.192. The van der Waals surface area contributed by atoms with Gasteiger partial charge in [-0.1, -0.05) is 19.9 Å². The first-order chi connectivity index (χ1) is 10.8. The number of methoxy groups -OCH3 is 2. The van der Waals surface area contributed by atoms with E-state index in [2.05, 4.69) is 5.32 Å². The Morgan fingerprint density at radius 3 is 2.35 bits per heavy atom. The van der Waals surface area contributed by atoms with Crippen LogP contribution in [0.5, 0.6) is 11.5 Å². The summed E-state index contributed by atoms with van der Waals surface area (Å²) < 4.78 is 10.4. The average Bonchev–Trinajstić information content (AvgIpc) is 3.10. The minimum Gasteiger partial charge on any atom is -0.493 e. The first-order valence-corrected chi connectivity index (χ1v) is 7.54. The van der Waals surface area contributed by atoms with Gasteiger partial charge in [-0.25, -0.2) is 0 Å². The standard InChI is InChI=1S/C17H23NO5/c1-17(2)13(14(17)16(20)21)15(19)18-8-7-10-5-6-11(22-3)12(9-10)23-4/h5-6,9,13-14H,7-8H2,1-4H3,(H,18,19)(H,20,21)/t13-,14+/m0/s1. The van der Waals surface area contributed by atoms with Gasteiger partial charge >= 0.3 is 5.97 Å². The maximum Gasteiger partial charge on any atom is 0.307 e. The molecule has 0 aliphatic heterocycles. The van der Waals surface area contributed by atoms with Crippen molar-refractivity contribution >= 4 is 11.9 Å². The Hall–Kier alpha value is -2.24. The minimum atomic E-state index is -0.907. The monoisotopic (exact) mass is 321 g/mol. The molecule has 1 aliphatic carbocycles. The summed E-state index contributed by atoms with van der Waals surface area (Å²) in [6, 6.07) is 5.60. The van der Waals surface area contributed by atoms with Crippen LogP contribution in [0.25, 0.3) is 0 Å². The van der Waals surface area contributed by atoms with E-state index >= 15 is 0 Å². The highest BCUT2D eigenvalue weighted by molar-refractivity contribution is 5.91. The fraction of sp³-hybridized carbons (Fsp3) is 0.529. The lowest BCUT2D eigenvalue weighted by molar-refractivity contribution is -0.140. The maximum absolute atomic E-state index is 12.1. The van der Waals surface area contributed by atoms with E-state index in [1.807, 2.05) is 32.0 Å². The predicted molar refractivity (Wildman–Crippen MR) is 84.7 cm³/mol. The molecule has 1 amide bonds. The molecule has 0 unspecified atom stereocenters. The smallest absolute Gasteiger partial charge is 0.307 e. The van der Waals surface area contributed by atoms with Crippen LogP contribution in [-0.4, -0.2) is 37.7 Å². The zero-order valence-corrected chi connectivity index (χ0v) is 13.9. The molecule has 1 aromatic carbocycles. The molecule has 6 nitrogen and oxygen atoms in total. The van der Waals surface area contributed by atoms with Crippen molar-refractivity contribution in [2.75, 3.05) is 20.8 Å². The fourth-order valence-corrected chi connectivity index (χ4v) is 3.06. The van der Waals surface area contributed by atoms with Crippen LogP contribution in [0.3, 0.4) is 0 Å². The Kier molecular flexibility index (Phi) is 4.82. The van der Waals surface area contributed by atoms with Crippen molar-refractivity contribution in [2.24, 2.45) is 17.3 Å². The molecule has 2 N–H and O–H groups in total. The van der Waals surface area contributed by atoms with Crippen LogP contribution in [0.1, 0.15) is 19.4 Å². The van der Waals surface area contributed by atoms with Gasteiger partial charge in [0.15, 0.2) is 11.5 Å². The summed E-state index contributed by atoms with van der Waals surface area (Å²) in [7, 11) is 3.15. The van der Waals surface area contributed by atoms with Crippen molar-refractivity contribution < 1.29 is 24.2 Å².